The highest BCUT2D eigenvalue weighted by Gasteiger charge is 2.15. The maximum atomic E-state index is 4.49. The number of aromatic nitrogens is 1. The van der Waals surface area contributed by atoms with Crippen LogP contribution in [0.4, 0.5) is 0 Å². The van der Waals surface area contributed by atoms with Crippen LogP contribution in [0.5, 0.6) is 0 Å². The van der Waals surface area contributed by atoms with Crippen LogP contribution in [0, 0.1) is 0 Å². The molecule has 1 saturated heterocycles. The van der Waals surface area contributed by atoms with E-state index in [1.54, 1.807) is 0 Å². The number of thiazole rings is 1. The average molecular weight is 253 g/mol. The third-order valence-electron chi connectivity index (χ3n) is 3.37. The smallest absolute Gasteiger partial charge is 0.109 e. The molecule has 1 fully saturated rings. The molecule has 1 aliphatic heterocycles. The molecule has 1 aromatic heterocycles. The maximum Gasteiger partial charge on any atom is 0.109 e. The molecule has 0 amide bonds. The summed E-state index contributed by atoms with van der Waals surface area (Å²) < 4.78 is 0. The van der Waals surface area contributed by atoms with Crippen LogP contribution in [0.25, 0.3) is 0 Å². The molecule has 2 N–H and O–H groups in total. The van der Waals surface area contributed by atoms with E-state index in [9.17, 15) is 0 Å². The molecule has 2 unspecified atom stereocenters. The van der Waals surface area contributed by atoms with Gasteiger partial charge in [0, 0.05) is 23.7 Å². The number of rotatable bonds is 5. The molecule has 96 valence electrons. The van der Waals surface area contributed by atoms with Crippen molar-refractivity contribution in [3.63, 3.8) is 0 Å². The van der Waals surface area contributed by atoms with Crippen molar-refractivity contribution in [2.75, 3.05) is 13.1 Å². The normalized spacial score (nSPS) is 22.6. The van der Waals surface area contributed by atoms with Gasteiger partial charge in [-0.1, -0.05) is 13.3 Å². The molecule has 2 heterocycles. The van der Waals surface area contributed by atoms with Crippen LogP contribution >= 0.6 is 11.3 Å². The van der Waals surface area contributed by atoms with Gasteiger partial charge >= 0.3 is 0 Å². The van der Waals surface area contributed by atoms with Crippen molar-refractivity contribution < 1.29 is 0 Å². The second kappa shape index (κ2) is 6.47. The summed E-state index contributed by atoms with van der Waals surface area (Å²) in [4.78, 5) is 5.87. The number of hydrogen-bond donors (Lipinski definition) is 2. The molecule has 2 rings (SSSR count). The van der Waals surface area contributed by atoms with Crippen molar-refractivity contribution in [1.82, 2.24) is 15.6 Å². The average Bonchev–Trinajstić information content (AvgIpc) is 2.86. The largest absolute Gasteiger partial charge is 0.313 e. The van der Waals surface area contributed by atoms with Crippen molar-refractivity contribution >= 4 is 11.3 Å². The Bertz CT molecular complexity index is 331. The van der Waals surface area contributed by atoms with E-state index in [0.29, 0.717) is 12.1 Å². The summed E-state index contributed by atoms with van der Waals surface area (Å²) >= 11 is 1.83. The number of hydrogen-bond acceptors (Lipinski definition) is 4. The highest BCUT2D eigenvalue weighted by Crippen LogP contribution is 2.20. The van der Waals surface area contributed by atoms with Gasteiger partial charge in [0.25, 0.3) is 0 Å². The van der Waals surface area contributed by atoms with Crippen LogP contribution in [-0.4, -0.2) is 24.1 Å². The minimum absolute atomic E-state index is 0.379. The SMILES string of the molecule is CCc1cnc(C(C)NCC2CCCCN2)s1. The molecular weight excluding hydrogens is 230 g/mol. The first kappa shape index (κ1) is 13.0. The summed E-state index contributed by atoms with van der Waals surface area (Å²) in [5, 5.41) is 8.37. The van der Waals surface area contributed by atoms with Gasteiger partial charge in [-0.05, 0) is 32.7 Å². The van der Waals surface area contributed by atoms with Gasteiger partial charge in [0.1, 0.15) is 5.01 Å². The van der Waals surface area contributed by atoms with Gasteiger partial charge in [0.05, 0.1) is 6.04 Å². The van der Waals surface area contributed by atoms with Gasteiger partial charge in [-0.15, -0.1) is 11.3 Å². The fraction of sp³-hybridized carbons (Fsp3) is 0.769. The number of piperidine rings is 1. The standard InChI is InChI=1S/C13H23N3S/c1-3-12-9-16-13(17-12)10(2)15-8-11-6-4-5-7-14-11/h9-11,14-15H,3-8H2,1-2H3. The lowest BCUT2D eigenvalue weighted by atomic mass is 10.1. The first-order valence-corrected chi connectivity index (χ1v) is 7.52. The summed E-state index contributed by atoms with van der Waals surface area (Å²) in [6, 6.07) is 1.03. The summed E-state index contributed by atoms with van der Waals surface area (Å²) in [6.45, 7) is 6.63. The molecule has 3 nitrogen and oxygen atoms in total. The molecule has 0 bridgehead atoms. The zero-order valence-electron chi connectivity index (χ0n) is 10.8. The van der Waals surface area contributed by atoms with E-state index >= 15 is 0 Å². The van der Waals surface area contributed by atoms with E-state index in [0.717, 1.165) is 13.0 Å². The molecule has 4 heteroatoms. The molecular formula is C13H23N3S. The fourth-order valence-corrected chi connectivity index (χ4v) is 3.07. The Morgan fingerprint density at radius 1 is 1.59 bits per heavy atom. The summed E-state index contributed by atoms with van der Waals surface area (Å²) in [6.07, 6.45) is 7.10. The summed E-state index contributed by atoms with van der Waals surface area (Å²) in [7, 11) is 0. The van der Waals surface area contributed by atoms with Gasteiger partial charge in [0.2, 0.25) is 0 Å². The van der Waals surface area contributed by atoms with E-state index in [-0.39, 0.29) is 0 Å². The topological polar surface area (TPSA) is 37.0 Å². The summed E-state index contributed by atoms with van der Waals surface area (Å²) in [5.41, 5.74) is 0. The van der Waals surface area contributed by atoms with Crippen LogP contribution in [0.3, 0.4) is 0 Å². The van der Waals surface area contributed by atoms with E-state index in [1.807, 2.05) is 17.5 Å². The lowest BCUT2D eigenvalue weighted by molar-refractivity contribution is 0.371. The molecule has 17 heavy (non-hydrogen) atoms. The minimum Gasteiger partial charge on any atom is -0.313 e. The maximum absolute atomic E-state index is 4.49. The van der Waals surface area contributed by atoms with E-state index in [4.69, 9.17) is 0 Å². The Kier molecular flexibility index (Phi) is 4.95. The Labute approximate surface area is 108 Å². The third-order valence-corrected chi connectivity index (χ3v) is 4.70. The second-order valence-electron chi connectivity index (χ2n) is 4.80. The predicted octanol–water partition coefficient (Wildman–Crippen LogP) is 2.50. The molecule has 0 saturated carbocycles. The van der Waals surface area contributed by atoms with Gasteiger partial charge in [-0.3, -0.25) is 0 Å². The van der Waals surface area contributed by atoms with Crippen LogP contribution in [0.1, 0.15) is 49.0 Å². The lowest BCUT2D eigenvalue weighted by Crippen LogP contribution is -2.42. The van der Waals surface area contributed by atoms with Crippen molar-refractivity contribution in [1.29, 1.82) is 0 Å². The Morgan fingerprint density at radius 2 is 2.47 bits per heavy atom. The van der Waals surface area contributed by atoms with Gasteiger partial charge in [-0.2, -0.15) is 0 Å². The van der Waals surface area contributed by atoms with E-state index < -0.39 is 0 Å². The predicted molar refractivity (Wildman–Crippen MR) is 73.6 cm³/mol. The first-order chi connectivity index (χ1) is 8.29. The molecule has 1 aromatic rings. The van der Waals surface area contributed by atoms with Crippen molar-refractivity contribution in [2.24, 2.45) is 0 Å². The molecule has 0 spiro atoms. The zero-order valence-corrected chi connectivity index (χ0v) is 11.6. The quantitative estimate of drug-likeness (QED) is 0.846. The minimum atomic E-state index is 0.379. The van der Waals surface area contributed by atoms with Crippen LogP contribution in [0.15, 0.2) is 6.20 Å². The lowest BCUT2D eigenvalue weighted by Gasteiger charge is -2.25. The first-order valence-electron chi connectivity index (χ1n) is 6.71. The van der Waals surface area contributed by atoms with Crippen molar-refractivity contribution in [2.45, 2.75) is 51.6 Å². The van der Waals surface area contributed by atoms with E-state index in [2.05, 4.69) is 29.5 Å². The monoisotopic (exact) mass is 253 g/mol. The molecule has 2 atom stereocenters. The molecule has 0 radical (unpaired) electrons. The second-order valence-corrected chi connectivity index (χ2v) is 5.94. The zero-order chi connectivity index (χ0) is 12.1. The number of nitrogens with zero attached hydrogens (tertiary/aromatic N) is 1. The molecule has 0 aromatic carbocycles. The van der Waals surface area contributed by atoms with Gasteiger partial charge in [-0.25, -0.2) is 4.98 Å². The summed E-state index contributed by atoms with van der Waals surface area (Å²) in [5.74, 6) is 0. The van der Waals surface area contributed by atoms with Crippen LogP contribution in [-0.2, 0) is 6.42 Å². The van der Waals surface area contributed by atoms with Crippen LogP contribution < -0.4 is 10.6 Å². The van der Waals surface area contributed by atoms with Gasteiger partial charge < -0.3 is 10.6 Å². The van der Waals surface area contributed by atoms with E-state index in [1.165, 1.54) is 35.7 Å². The highest BCUT2D eigenvalue weighted by molar-refractivity contribution is 7.11. The Morgan fingerprint density at radius 3 is 3.12 bits per heavy atom. The molecule has 0 aliphatic carbocycles. The van der Waals surface area contributed by atoms with Crippen molar-refractivity contribution in [3.05, 3.63) is 16.1 Å². The third kappa shape index (κ3) is 3.76. The Balaban J connectivity index is 1.77. The Hall–Kier alpha value is -0.450. The van der Waals surface area contributed by atoms with Crippen molar-refractivity contribution in [3.8, 4) is 0 Å². The number of nitrogens with one attached hydrogen (secondary N) is 2. The van der Waals surface area contributed by atoms with Gasteiger partial charge in [0.15, 0.2) is 0 Å². The number of aryl methyl sites for hydroxylation is 1. The van der Waals surface area contributed by atoms with Crippen LogP contribution in [0.2, 0.25) is 0 Å². The fourth-order valence-electron chi connectivity index (χ4n) is 2.19. The molecule has 1 aliphatic rings. The highest BCUT2D eigenvalue weighted by atomic mass is 32.1.